The molecule has 1 unspecified atom stereocenters. The molecule has 0 amide bonds. The molecule has 30 heavy (non-hydrogen) atoms. The summed E-state index contributed by atoms with van der Waals surface area (Å²) in [5.74, 6) is 0.535. The van der Waals surface area contributed by atoms with Gasteiger partial charge in [0.25, 0.3) is 0 Å². The van der Waals surface area contributed by atoms with Gasteiger partial charge in [-0.15, -0.1) is 0 Å². The van der Waals surface area contributed by atoms with Gasteiger partial charge in [0, 0.05) is 25.4 Å². The highest BCUT2D eigenvalue weighted by molar-refractivity contribution is 5.70. The van der Waals surface area contributed by atoms with E-state index in [0.29, 0.717) is 0 Å². The first-order valence-corrected chi connectivity index (χ1v) is 10.1. The predicted molar refractivity (Wildman–Crippen MR) is 119 cm³/mol. The van der Waals surface area contributed by atoms with E-state index in [2.05, 4.69) is 60.8 Å². The highest BCUT2D eigenvalue weighted by Crippen LogP contribution is 2.39. The lowest BCUT2D eigenvalue weighted by atomic mass is 9.90. The quantitative estimate of drug-likeness (QED) is 0.677. The second kappa shape index (κ2) is 7.27. The molecule has 1 aliphatic heterocycles. The minimum atomic E-state index is -0.353. The summed E-state index contributed by atoms with van der Waals surface area (Å²) in [6, 6.07) is 7.61. The molecular formula is C24H27FN4O. The Kier molecular flexibility index (Phi) is 4.88. The lowest BCUT2D eigenvalue weighted by Crippen LogP contribution is -2.38. The van der Waals surface area contributed by atoms with Crippen molar-refractivity contribution in [3.8, 4) is 11.1 Å². The maximum atomic E-state index is 13.7. The largest absolute Gasteiger partial charge is 0.345 e. The van der Waals surface area contributed by atoms with Crippen LogP contribution in [-0.2, 0) is 7.05 Å². The molecule has 1 aliphatic rings. The highest BCUT2D eigenvalue weighted by Gasteiger charge is 2.31. The first kappa shape index (κ1) is 20.1. The van der Waals surface area contributed by atoms with Crippen LogP contribution < -0.4 is 10.6 Å². The average Bonchev–Trinajstić information content (AvgIpc) is 2.96. The second-order valence-electron chi connectivity index (χ2n) is 9.18. The first-order valence-electron chi connectivity index (χ1n) is 10.1. The standard InChI is InChI=1S/C24H27FN4O/c1-15-6-7-16(17-10-18(25)13-26-12-17)11-19(15)21-9-8-20-22(28(5)23(30)27-20)29(21)14-24(2,3)4/h6-13,21H,14H2,1-5H3,(H,27,30). The van der Waals surface area contributed by atoms with E-state index in [1.165, 1.54) is 12.3 Å². The van der Waals surface area contributed by atoms with E-state index in [-0.39, 0.29) is 23.0 Å². The van der Waals surface area contributed by atoms with Crippen molar-refractivity contribution in [3.05, 3.63) is 75.9 Å². The highest BCUT2D eigenvalue weighted by atomic mass is 19.1. The Morgan fingerprint density at radius 3 is 2.63 bits per heavy atom. The molecule has 1 atom stereocenters. The van der Waals surface area contributed by atoms with E-state index in [4.69, 9.17) is 0 Å². The molecule has 0 radical (unpaired) electrons. The summed E-state index contributed by atoms with van der Waals surface area (Å²) < 4.78 is 15.4. The summed E-state index contributed by atoms with van der Waals surface area (Å²) in [5, 5.41) is 0. The van der Waals surface area contributed by atoms with E-state index in [0.717, 1.165) is 40.3 Å². The van der Waals surface area contributed by atoms with Crippen LogP contribution in [0.25, 0.3) is 17.2 Å². The van der Waals surface area contributed by atoms with Crippen LogP contribution in [0.4, 0.5) is 10.2 Å². The van der Waals surface area contributed by atoms with Crippen LogP contribution in [-0.4, -0.2) is 21.1 Å². The van der Waals surface area contributed by atoms with Crippen LogP contribution >= 0.6 is 0 Å². The van der Waals surface area contributed by atoms with Crippen molar-refractivity contribution >= 4 is 11.9 Å². The molecule has 156 valence electrons. The maximum absolute atomic E-state index is 13.7. The van der Waals surface area contributed by atoms with Gasteiger partial charge in [-0.05, 0) is 47.2 Å². The fraction of sp³-hybridized carbons (Fsp3) is 0.333. The fourth-order valence-corrected chi connectivity index (χ4v) is 4.08. The maximum Gasteiger partial charge on any atom is 0.327 e. The minimum absolute atomic E-state index is 0.0199. The zero-order valence-electron chi connectivity index (χ0n) is 18.0. The van der Waals surface area contributed by atoms with Crippen LogP contribution in [0.3, 0.4) is 0 Å². The van der Waals surface area contributed by atoms with Crippen LogP contribution in [0.15, 0.2) is 47.5 Å². The molecule has 6 heteroatoms. The number of rotatable bonds is 3. The number of nitrogens with one attached hydrogen (secondary N) is 1. The third-order valence-corrected chi connectivity index (χ3v) is 5.44. The molecule has 0 aliphatic carbocycles. The predicted octanol–water partition coefficient (Wildman–Crippen LogP) is 4.84. The van der Waals surface area contributed by atoms with Crippen LogP contribution in [0, 0.1) is 18.2 Å². The van der Waals surface area contributed by atoms with Gasteiger partial charge in [-0.1, -0.05) is 39.0 Å². The summed E-state index contributed by atoms with van der Waals surface area (Å²) in [7, 11) is 1.80. The first-order chi connectivity index (χ1) is 14.1. The molecular weight excluding hydrogens is 379 g/mol. The van der Waals surface area contributed by atoms with Gasteiger partial charge in [-0.25, -0.2) is 9.18 Å². The van der Waals surface area contributed by atoms with Gasteiger partial charge in [0.15, 0.2) is 0 Å². The normalized spacial score (nSPS) is 16.1. The second-order valence-corrected chi connectivity index (χ2v) is 9.18. The van der Waals surface area contributed by atoms with Crippen LogP contribution in [0.1, 0.15) is 43.6 Å². The van der Waals surface area contributed by atoms with Crippen molar-refractivity contribution in [3.63, 3.8) is 0 Å². The summed E-state index contributed by atoms with van der Waals surface area (Å²) in [6.45, 7) is 9.42. The number of anilines is 1. The number of benzene rings is 1. The van der Waals surface area contributed by atoms with Crippen LogP contribution in [0.2, 0.25) is 0 Å². The number of aromatic nitrogens is 3. The number of pyridine rings is 1. The smallest absolute Gasteiger partial charge is 0.327 e. The molecule has 3 aromatic rings. The molecule has 5 nitrogen and oxygen atoms in total. The lowest BCUT2D eigenvalue weighted by Gasteiger charge is -2.39. The number of aromatic amines is 1. The number of aryl methyl sites for hydroxylation is 1. The molecule has 0 fully saturated rings. The molecule has 1 aromatic carbocycles. The van der Waals surface area contributed by atoms with Gasteiger partial charge in [0.2, 0.25) is 0 Å². The Bertz CT molecular complexity index is 1180. The molecule has 0 bridgehead atoms. The Labute approximate surface area is 175 Å². The van der Waals surface area contributed by atoms with Gasteiger partial charge < -0.3 is 9.88 Å². The average molecular weight is 407 g/mol. The SMILES string of the molecule is Cc1ccc(-c2cncc(F)c2)cc1C1C=Cc2[nH]c(=O)n(C)c2N1CC(C)(C)C. The number of imidazole rings is 1. The molecule has 1 N–H and O–H groups in total. The van der Waals surface area contributed by atoms with Crippen molar-refractivity contribution < 1.29 is 4.39 Å². The van der Waals surface area contributed by atoms with E-state index in [9.17, 15) is 9.18 Å². The van der Waals surface area contributed by atoms with Crippen molar-refractivity contribution in [2.24, 2.45) is 12.5 Å². The summed E-state index contributed by atoms with van der Waals surface area (Å²) in [4.78, 5) is 21.5. The Morgan fingerprint density at radius 2 is 1.93 bits per heavy atom. The topological polar surface area (TPSA) is 53.9 Å². The van der Waals surface area contributed by atoms with E-state index >= 15 is 0 Å². The van der Waals surface area contributed by atoms with Crippen LogP contribution in [0.5, 0.6) is 0 Å². The fourth-order valence-electron chi connectivity index (χ4n) is 4.08. The van der Waals surface area contributed by atoms with Crippen molar-refractivity contribution in [2.75, 3.05) is 11.4 Å². The Morgan fingerprint density at radius 1 is 1.17 bits per heavy atom. The van der Waals surface area contributed by atoms with Gasteiger partial charge in [0.05, 0.1) is 17.9 Å². The number of hydrogen-bond donors (Lipinski definition) is 1. The zero-order chi connectivity index (χ0) is 21.6. The van der Waals surface area contributed by atoms with Gasteiger partial charge in [-0.2, -0.15) is 0 Å². The third kappa shape index (κ3) is 3.70. The Balaban J connectivity index is 1.85. The molecule has 2 aromatic heterocycles. The zero-order valence-corrected chi connectivity index (χ0v) is 18.0. The van der Waals surface area contributed by atoms with E-state index in [1.54, 1.807) is 17.8 Å². The van der Waals surface area contributed by atoms with Crippen molar-refractivity contribution in [1.29, 1.82) is 0 Å². The third-order valence-electron chi connectivity index (χ3n) is 5.44. The summed E-state index contributed by atoms with van der Waals surface area (Å²) >= 11 is 0. The number of nitrogens with zero attached hydrogens (tertiary/aromatic N) is 3. The van der Waals surface area contributed by atoms with Crippen molar-refractivity contribution in [2.45, 2.75) is 33.7 Å². The molecule has 0 saturated heterocycles. The lowest BCUT2D eigenvalue weighted by molar-refractivity contribution is 0.397. The Hall–Kier alpha value is -3.15. The van der Waals surface area contributed by atoms with Crippen molar-refractivity contribution in [1.82, 2.24) is 14.5 Å². The molecule has 0 spiro atoms. The summed E-state index contributed by atoms with van der Waals surface area (Å²) in [5.41, 5.74) is 4.64. The molecule has 4 rings (SSSR count). The van der Waals surface area contributed by atoms with Gasteiger partial charge >= 0.3 is 5.69 Å². The number of halogens is 1. The summed E-state index contributed by atoms with van der Waals surface area (Å²) in [6.07, 6.45) is 6.99. The number of H-pyrrole nitrogens is 1. The van der Waals surface area contributed by atoms with Gasteiger partial charge in [0.1, 0.15) is 11.6 Å². The van der Waals surface area contributed by atoms with E-state index < -0.39 is 0 Å². The number of hydrogen-bond acceptors (Lipinski definition) is 3. The number of fused-ring (bicyclic) bond motifs is 1. The van der Waals surface area contributed by atoms with Gasteiger partial charge in [-0.3, -0.25) is 9.55 Å². The van der Waals surface area contributed by atoms with E-state index in [1.807, 2.05) is 12.1 Å². The minimum Gasteiger partial charge on any atom is -0.345 e. The molecule has 0 saturated carbocycles. The monoisotopic (exact) mass is 406 g/mol. The molecule has 3 heterocycles.